The Kier molecular flexibility index (Phi) is 1.91. The molecular formula is C14H11NO. The lowest BCUT2D eigenvalue weighted by molar-refractivity contribution is 0.165. The summed E-state index contributed by atoms with van der Waals surface area (Å²) in [5.74, 6) is 0. The van der Waals surface area contributed by atoms with Crippen LogP contribution in [0.25, 0.3) is 0 Å². The van der Waals surface area contributed by atoms with Gasteiger partial charge in [-0.2, -0.15) is 0 Å². The third-order valence-corrected chi connectivity index (χ3v) is 2.92. The van der Waals surface area contributed by atoms with Crippen LogP contribution >= 0.6 is 0 Å². The number of rotatable bonds is 1. The molecule has 0 fully saturated rings. The number of aliphatic hydroxyl groups is 1. The summed E-state index contributed by atoms with van der Waals surface area (Å²) in [7, 11) is 0. The standard InChI is InChI=1S/C14H11NO/c16-14(11-6-2-1-3-7-11)10-15-13-9-5-4-8-12(13)14/h1-10,16H. The smallest absolute Gasteiger partial charge is 0.152 e. The molecule has 78 valence electrons. The van der Waals surface area contributed by atoms with E-state index in [1.807, 2.05) is 54.6 Å². The van der Waals surface area contributed by atoms with Gasteiger partial charge in [-0.15, -0.1) is 0 Å². The van der Waals surface area contributed by atoms with Crippen LogP contribution in [-0.2, 0) is 5.60 Å². The maximum absolute atomic E-state index is 10.7. The maximum atomic E-state index is 10.7. The zero-order valence-corrected chi connectivity index (χ0v) is 8.67. The monoisotopic (exact) mass is 209 g/mol. The Morgan fingerprint density at radius 2 is 1.56 bits per heavy atom. The quantitative estimate of drug-likeness (QED) is 0.769. The third kappa shape index (κ3) is 1.20. The van der Waals surface area contributed by atoms with Gasteiger partial charge in [0.15, 0.2) is 5.60 Å². The van der Waals surface area contributed by atoms with Crippen LogP contribution in [0.15, 0.2) is 59.6 Å². The van der Waals surface area contributed by atoms with Gasteiger partial charge in [-0.25, -0.2) is 0 Å². The van der Waals surface area contributed by atoms with E-state index in [1.165, 1.54) is 0 Å². The van der Waals surface area contributed by atoms with Crippen molar-refractivity contribution < 1.29 is 5.11 Å². The van der Waals surface area contributed by atoms with Crippen molar-refractivity contribution in [2.24, 2.45) is 4.99 Å². The summed E-state index contributed by atoms with van der Waals surface area (Å²) in [5.41, 5.74) is 1.47. The lowest BCUT2D eigenvalue weighted by Gasteiger charge is -2.21. The van der Waals surface area contributed by atoms with Gasteiger partial charge in [-0.3, -0.25) is 4.99 Å². The molecule has 16 heavy (non-hydrogen) atoms. The van der Waals surface area contributed by atoms with Crippen LogP contribution in [-0.4, -0.2) is 11.3 Å². The van der Waals surface area contributed by atoms with Gasteiger partial charge in [0.2, 0.25) is 0 Å². The van der Waals surface area contributed by atoms with Crippen molar-refractivity contribution in [1.29, 1.82) is 0 Å². The molecule has 0 saturated heterocycles. The van der Waals surface area contributed by atoms with E-state index in [1.54, 1.807) is 6.21 Å². The molecule has 1 heterocycles. The van der Waals surface area contributed by atoms with E-state index in [4.69, 9.17) is 0 Å². The van der Waals surface area contributed by atoms with Crippen LogP contribution in [0.1, 0.15) is 11.1 Å². The Hall–Kier alpha value is -1.93. The third-order valence-electron chi connectivity index (χ3n) is 2.92. The van der Waals surface area contributed by atoms with E-state index in [0.29, 0.717) is 0 Å². The fourth-order valence-electron chi connectivity index (χ4n) is 2.06. The highest BCUT2D eigenvalue weighted by Crippen LogP contribution is 2.39. The molecular weight excluding hydrogens is 198 g/mol. The minimum absolute atomic E-state index is 0.842. The molecule has 0 radical (unpaired) electrons. The molecule has 1 aliphatic rings. The first kappa shape index (κ1) is 9.31. The van der Waals surface area contributed by atoms with Gasteiger partial charge in [-0.05, 0) is 11.6 Å². The second-order valence-electron chi connectivity index (χ2n) is 3.91. The molecule has 0 spiro atoms. The SMILES string of the molecule is OC1(c2ccccc2)C=Nc2ccccc21. The van der Waals surface area contributed by atoms with E-state index < -0.39 is 5.60 Å². The average Bonchev–Trinajstić information content (AvgIpc) is 2.71. The fourth-order valence-corrected chi connectivity index (χ4v) is 2.06. The Balaban J connectivity index is 2.19. The number of para-hydroxylation sites is 1. The van der Waals surface area contributed by atoms with E-state index in [0.717, 1.165) is 16.8 Å². The second-order valence-corrected chi connectivity index (χ2v) is 3.91. The summed E-state index contributed by atoms with van der Waals surface area (Å²) >= 11 is 0. The van der Waals surface area contributed by atoms with Crippen molar-refractivity contribution in [3.05, 3.63) is 65.7 Å². The number of hydrogen-bond acceptors (Lipinski definition) is 2. The molecule has 2 heteroatoms. The van der Waals surface area contributed by atoms with E-state index in [9.17, 15) is 5.11 Å². The molecule has 0 amide bonds. The predicted molar refractivity (Wildman–Crippen MR) is 64.0 cm³/mol. The van der Waals surface area contributed by atoms with Gasteiger partial charge in [0, 0.05) is 11.8 Å². The number of aliphatic imine (C=N–C) groups is 1. The minimum atomic E-state index is -1.07. The van der Waals surface area contributed by atoms with Crippen molar-refractivity contribution in [3.63, 3.8) is 0 Å². The first-order chi connectivity index (χ1) is 7.81. The highest BCUT2D eigenvalue weighted by atomic mass is 16.3. The lowest BCUT2D eigenvalue weighted by atomic mass is 9.88. The highest BCUT2D eigenvalue weighted by Gasteiger charge is 2.35. The number of hydrogen-bond donors (Lipinski definition) is 1. The summed E-state index contributed by atoms with van der Waals surface area (Å²) in [6.45, 7) is 0. The summed E-state index contributed by atoms with van der Waals surface area (Å²) in [6.07, 6.45) is 1.60. The Labute approximate surface area is 93.9 Å². The van der Waals surface area contributed by atoms with E-state index in [-0.39, 0.29) is 0 Å². The van der Waals surface area contributed by atoms with Gasteiger partial charge in [0.1, 0.15) is 0 Å². The largest absolute Gasteiger partial charge is 0.375 e. The molecule has 0 aliphatic carbocycles. The Morgan fingerprint density at radius 3 is 2.38 bits per heavy atom. The van der Waals surface area contributed by atoms with Crippen LogP contribution in [0, 0.1) is 0 Å². The molecule has 2 nitrogen and oxygen atoms in total. The first-order valence-corrected chi connectivity index (χ1v) is 5.23. The van der Waals surface area contributed by atoms with Gasteiger partial charge in [0.25, 0.3) is 0 Å². The molecule has 3 rings (SSSR count). The Bertz CT molecular complexity index is 548. The number of fused-ring (bicyclic) bond motifs is 1. The molecule has 2 aromatic rings. The molecule has 1 unspecified atom stereocenters. The van der Waals surface area contributed by atoms with Crippen molar-refractivity contribution in [2.45, 2.75) is 5.60 Å². The first-order valence-electron chi connectivity index (χ1n) is 5.23. The van der Waals surface area contributed by atoms with Crippen molar-refractivity contribution in [1.82, 2.24) is 0 Å². The van der Waals surface area contributed by atoms with Crippen molar-refractivity contribution in [2.75, 3.05) is 0 Å². The fraction of sp³-hybridized carbons (Fsp3) is 0.0714. The minimum Gasteiger partial charge on any atom is -0.375 e. The number of benzene rings is 2. The van der Waals surface area contributed by atoms with Gasteiger partial charge >= 0.3 is 0 Å². The summed E-state index contributed by atoms with van der Waals surface area (Å²) in [4.78, 5) is 4.25. The molecule has 1 atom stereocenters. The molecule has 0 saturated carbocycles. The zero-order chi connectivity index (χ0) is 11.0. The average molecular weight is 209 g/mol. The Morgan fingerprint density at radius 1 is 0.875 bits per heavy atom. The molecule has 0 aromatic heterocycles. The van der Waals surface area contributed by atoms with Crippen LogP contribution < -0.4 is 0 Å². The molecule has 2 aromatic carbocycles. The second kappa shape index (κ2) is 3.29. The normalized spacial score (nSPS) is 22.1. The van der Waals surface area contributed by atoms with Crippen LogP contribution in [0.5, 0.6) is 0 Å². The number of nitrogens with zero attached hydrogens (tertiary/aromatic N) is 1. The van der Waals surface area contributed by atoms with Crippen LogP contribution in [0.2, 0.25) is 0 Å². The van der Waals surface area contributed by atoms with Gasteiger partial charge in [-0.1, -0.05) is 48.5 Å². The van der Waals surface area contributed by atoms with E-state index >= 15 is 0 Å². The van der Waals surface area contributed by atoms with Crippen LogP contribution in [0.3, 0.4) is 0 Å². The zero-order valence-electron chi connectivity index (χ0n) is 8.67. The van der Waals surface area contributed by atoms with Crippen LogP contribution in [0.4, 0.5) is 5.69 Å². The lowest BCUT2D eigenvalue weighted by Crippen LogP contribution is -2.26. The highest BCUT2D eigenvalue weighted by molar-refractivity contribution is 5.86. The summed E-state index contributed by atoms with van der Waals surface area (Å²) in [5, 5.41) is 10.7. The molecule has 0 bridgehead atoms. The van der Waals surface area contributed by atoms with Crippen molar-refractivity contribution >= 4 is 11.9 Å². The molecule has 1 N–H and O–H groups in total. The molecule has 1 aliphatic heterocycles. The van der Waals surface area contributed by atoms with E-state index in [2.05, 4.69) is 4.99 Å². The summed E-state index contributed by atoms with van der Waals surface area (Å²) < 4.78 is 0. The van der Waals surface area contributed by atoms with Gasteiger partial charge < -0.3 is 5.11 Å². The predicted octanol–water partition coefficient (Wildman–Crippen LogP) is 2.64. The topological polar surface area (TPSA) is 32.6 Å². The van der Waals surface area contributed by atoms with Crippen molar-refractivity contribution in [3.8, 4) is 0 Å². The maximum Gasteiger partial charge on any atom is 0.152 e. The summed E-state index contributed by atoms with van der Waals surface area (Å²) in [6, 6.07) is 17.3. The van der Waals surface area contributed by atoms with Gasteiger partial charge in [0.05, 0.1) is 5.69 Å².